The van der Waals surface area contributed by atoms with Crippen LogP contribution in [0.1, 0.15) is 16.1 Å². The van der Waals surface area contributed by atoms with Crippen molar-refractivity contribution in [1.29, 1.82) is 0 Å². The summed E-state index contributed by atoms with van der Waals surface area (Å²) in [5, 5.41) is 4.00. The summed E-state index contributed by atoms with van der Waals surface area (Å²) in [6, 6.07) is 7.96. The summed E-state index contributed by atoms with van der Waals surface area (Å²) < 4.78 is 68.1. The molecule has 1 amide bonds. The van der Waals surface area contributed by atoms with E-state index in [2.05, 4.69) is 5.10 Å². The van der Waals surface area contributed by atoms with Crippen LogP contribution in [0, 0.1) is 11.6 Å². The Morgan fingerprint density at radius 1 is 1.07 bits per heavy atom. The topological polar surface area (TPSA) is 38.1 Å². The van der Waals surface area contributed by atoms with Crippen molar-refractivity contribution in [3.8, 4) is 5.69 Å². The van der Waals surface area contributed by atoms with Crippen molar-refractivity contribution in [3.05, 3.63) is 76.6 Å². The molecule has 2 aromatic carbocycles. The molecule has 0 spiro atoms. The van der Waals surface area contributed by atoms with Crippen LogP contribution in [0.25, 0.3) is 5.69 Å². The zero-order valence-corrected chi connectivity index (χ0v) is 14.9. The Hall–Kier alpha value is -2.94. The normalized spacial score (nSPS) is 11.5. The number of anilines is 1. The van der Waals surface area contributed by atoms with Crippen molar-refractivity contribution in [2.24, 2.45) is 0 Å². The summed E-state index contributed by atoms with van der Waals surface area (Å²) in [5.41, 5.74) is -2.11. The van der Waals surface area contributed by atoms with E-state index in [4.69, 9.17) is 11.6 Å². The lowest BCUT2D eigenvalue weighted by Crippen LogP contribution is -2.29. The first kappa shape index (κ1) is 19.8. The minimum Gasteiger partial charge on any atom is -0.311 e. The van der Waals surface area contributed by atoms with E-state index in [0.717, 1.165) is 30.3 Å². The minimum absolute atomic E-state index is 0.0475. The van der Waals surface area contributed by atoms with E-state index in [0.29, 0.717) is 15.8 Å². The molecule has 0 aliphatic carbocycles. The minimum atomic E-state index is -4.91. The van der Waals surface area contributed by atoms with Crippen LogP contribution < -0.4 is 4.90 Å². The largest absolute Gasteiger partial charge is 0.434 e. The van der Waals surface area contributed by atoms with Crippen LogP contribution in [0.3, 0.4) is 0 Å². The summed E-state index contributed by atoms with van der Waals surface area (Å²) in [5.74, 6) is -3.46. The number of carbonyl (C=O) groups is 1. The van der Waals surface area contributed by atoms with Gasteiger partial charge in [0.15, 0.2) is 17.3 Å². The lowest BCUT2D eigenvalue weighted by atomic mass is 10.2. The summed E-state index contributed by atoms with van der Waals surface area (Å²) >= 11 is 5.75. The second kappa shape index (κ2) is 7.23. The van der Waals surface area contributed by atoms with Gasteiger partial charge >= 0.3 is 6.18 Å². The average molecular weight is 416 g/mol. The first-order chi connectivity index (χ1) is 13.1. The molecule has 10 heteroatoms. The first-order valence-electron chi connectivity index (χ1n) is 7.74. The van der Waals surface area contributed by atoms with Gasteiger partial charge in [0.2, 0.25) is 0 Å². The van der Waals surface area contributed by atoms with Gasteiger partial charge in [-0.3, -0.25) is 4.79 Å². The van der Waals surface area contributed by atoms with E-state index in [1.807, 2.05) is 0 Å². The quantitative estimate of drug-likeness (QED) is 0.558. The van der Waals surface area contributed by atoms with Gasteiger partial charge in [-0.1, -0.05) is 11.6 Å². The molecule has 4 nitrogen and oxygen atoms in total. The van der Waals surface area contributed by atoms with Gasteiger partial charge in [0.25, 0.3) is 5.91 Å². The van der Waals surface area contributed by atoms with Crippen molar-refractivity contribution in [3.63, 3.8) is 0 Å². The van der Waals surface area contributed by atoms with E-state index in [1.54, 1.807) is 0 Å². The molecule has 146 valence electrons. The van der Waals surface area contributed by atoms with E-state index < -0.39 is 35.0 Å². The highest BCUT2D eigenvalue weighted by molar-refractivity contribution is 6.30. The molecule has 28 heavy (non-hydrogen) atoms. The van der Waals surface area contributed by atoms with Crippen molar-refractivity contribution in [2.75, 3.05) is 11.9 Å². The molecule has 0 saturated carbocycles. The van der Waals surface area contributed by atoms with E-state index in [-0.39, 0.29) is 11.4 Å². The maximum absolute atomic E-state index is 13.7. The molecule has 0 aliphatic rings. The zero-order valence-electron chi connectivity index (χ0n) is 14.1. The summed E-state index contributed by atoms with van der Waals surface area (Å²) in [4.78, 5) is 13.4. The molecule has 1 heterocycles. The SMILES string of the molecule is CN(C(=O)c1cnn(-c2ccc(Cl)cc2)c1C(F)(F)F)c1ccc(F)c(F)c1. The molecule has 0 unspecified atom stereocenters. The number of hydrogen-bond donors (Lipinski definition) is 0. The third-order valence-corrected chi connectivity index (χ3v) is 4.19. The monoisotopic (exact) mass is 415 g/mol. The number of halogens is 6. The molecule has 0 bridgehead atoms. The van der Waals surface area contributed by atoms with Gasteiger partial charge in [0.05, 0.1) is 17.4 Å². The Bertz CT molecular complexity index is 1030. The molecule has 0 aliphatic heterocycles. The number of nitrogens with zero attached hydrogens (tertiary/aromatic N) is 3. The molecule has 0 fully saturated rings. The predicted octanol–water partition coefficient (Wildman–Crippen LogP) is 5.10. The van der Waals surface area contributed by atoms with Crippen LogP contribution in [-0.2, 0) is 6.18 Å². The summed E-state index contributed by atoms with van der Waals surface area (Å²) in [6.45, 7) is 0. The molecule has 0 saturated heterocycles. The Kier molecular flexibility index (Phi) is 5.12. The lowest BCUT2D eigenvalue weighted by molar-refractivity contribution is -0.143. The number of rotatable bonds is 3. The fourth-order valence-electron chi connectivity index (χ4n) is 2.55. The van der Waals surface area contributed by atoms with E-state index >= 15 is 0 Å². The summed E-state index contributed by atoms with van der Waals surface area (Å²) in [7, 11) is 1.15. The molecular weight excluding hydrogens is 405 g/mol. The maximum atomic E-state index is 13.7. The van der Waals surface area contributed by atoms with Crippen LogP contribution in [0.5, 0.6) is 0 Å². The van der Waals surface area contributed by atoms with Crippen LogP contribution in [0.15, 0.2) is 48.7 Å². The highest BCUT2D eigenvalue weighted by Gasteiger charge is 2.41. The summed E-state index contributed by atoms with van der Waals surface area (Å²) in [6.07, 6.45) is -4.13. The van der Waals surface area contributed by atoms with Gasteiger partial charge in [-0.05, 0) is 36.4 Å². The Labute approximate surface area is 160 Å². The highest BCUT2D eigenvalue weighted by atomic mass is 35.5. The van der Waals surface area contributed by atoms with Gasteiger partial charge in [0.1, 0.15) is 0 Å². The third-order valence-electron chi connectivity index (χ3n) is 3.93. The van der Waals surface area contributed by atoms with Crippen molar-refractivity contribution >= 4 is 23.2 Å². The van der Waals surface area contributed by atoms with Crippen LogP contribution in [0.4, 0.5) is 27.6 Å². The van der Waals surface area contributed by atoms with Crippen molar-refractivity contribution < 1.29 is 26.7 Å². The fraction of sp³-hybridized carbons (Fsp3) is 0.111. The Morgan fingerprint density at radius 2 is 1.71 bits per heavy atom. The zero-order chi connectivity index (χ0) is 20.6. The second-order valence-electron chi connectivity index (χ2n) is 5.76. The number of aromatic nitrogens is 2. The lowest BCUT2D eigenvalue weighted by Gasteiger charge is -2.19. The Morgan fingerprint density at radius 3 is 2.29 bits per heavy atom. The number of hydrogen-bond acceptors (Lipinski definition) is 2. The molecule has 0 radical (unpaired) electrons. The van der Waals surface area contributed by atoms with E-state index in [9.17, 15) is 26.7 Å². The molecule has 0 N–H and O–H groups in total. The van der Waals surface area contributed by atoms with E-state index in [1.165, 1.54) is 24.3 Å². The molecular formula is C18H11ClF5N3O. The number of benzene rings is 2. The number of carbonyl (C=O) groups excluding carboxylic acids is 1. The standard InChI is InChI=1S/C18H11ClF5N3O/c1-26(12-6-7-14(20)15(21)8-12)17(28)13-9-25-27(16(13)18(22,23)24)11-4-2-10(19)3-5-11/h2-9H,1H3. The van der Waals surface area contributed by atoms with Gasteiger partial charge in [0, 0.05) is 23.8 Å². The Balaban J connectivity index is 2.07. The van der Waals surface area contributed by atoms with Crippen LogP contribution in [-0.4, -0.2) is 22.7 Å². The van der Waals surface area contributed by atoms with Gasteiger partial charge in [-0.2, -0.15) is 18.3 Å². The van der Waals surface area contributed by atoms with Crippen LogP contribution >= 0.6 is 11.6 Å². The van der Waals surface area contributed by atoms with Gasteiger partial charge in [-0.25, -0.2) is 13.5 Å². The second-order valence-corrected chi connectivity index (χ2v) is 6.19. The number of amides is 1. The molecule has 0 atom stereocenters. The third kappa shape index (κ3) is 3.70. The molecule has 3 aromatic rings. The average Bonchev–Trinajstić information content (AvgIpc) is 3.09. The van der Waals surface area contributed by atoms with Crippen molar-refractivity contribution in [2.45, 2.75) is 6.18 Å². The molecule has 3 rings (SSSR count). The molecule has 1 aromatic heterocycles. The van der Waals surface area contributed by atoms with Crippen LogP contribution in [0.2, 0.25) is 5.02 Å². The van der Waals surface area contributed by atoms with Crippen molar-refractivity contribution in [1.82, 2.24) is 9.78 Å². The maximum Gasteiger partial charge on any atom is 0.434 e. The fourth-order valence-corrected chi connectivity index (χ4v) is 2.67. The predicted molar refractivity (Wildman–Crippen MR) is 92.7 cm³/mol. The highest BCUT2D eigenvalue weighted by Crippen LogP contribution is 2.35. The number of alkyl halides is 3. The van der Waals surface area contributed by atoms with Gasteiger partial charge < -0.3 is 4.90 Å². The van der Waals surface area contributed by atoms with Gasteiger partial charge in [-0.15, -0.1) is 0 Å². The smallest absolute Gasteiger partial charge is 0.311 e. The first-order valence-corrected chi connectivity index (χ1v) is 8.11.